The zero-order valence-corrected chi connectivity index (χ0v) is 7.97. The standard InChI is InChI=1S/C13H8NO/c1-2-5-12-10(4-1)8-11(9-14-12)13-6-3-7-15-13/h2-9H. The van der Waals surface area contributed by atoms with E-state index in [0.29, 0.717) is 0 Å². The first-order valence-electron chi connectivity index (χ1n) is 4.73. The summed E-state index contributed by atoms with van der Waals surface area (Å²) in [7, 11) is 0. The van der Waals surface area contributed by atoms with E-state index < -0.39 is 0 Å². The average Bonchev–Trinajstić information content (AvgIpc) is 2.82. The molecule has 0 atom stereocenters. The van der Waals surface area contributed by atoms with E-state index in [9.17, 15) is 0 Å². The molecule has 3 aromatic rings. The van der Waals surface area contributed by atoms with Gasteiger partial charge in [-0.1, -0.05) is 6.07 Å². The highest BCUT2D eigenvalue weighted by Crippen LogP contribution is 2.22. The quantitative estimate of drug-likeness (QED) is 0.594. The molecule has 1 aromatic carbocycles. The van der Waals surface area contributed by atoms with Crippen molar-refractivity contribution in [1.82, 2.24) is 4.98 Å². The second kappa shape index (κ2) is 3.24. The first-order chi connectivity index (χ1) is 7.43. The number of hydrogen-bond donors (Lipinski definition) is 0. The molecule has 1 radical (unpaired) electrons. The molecule has 0 aliphatic rings. The monoisotopic (exact) mass is 194 g/mol. The summed E-state index contributed by atoms with van der Waals surface area (Å²) in [5.41, 5.74) is 1.97. The van der Waals surface area contributed by atoms with Gasteiger partial charge in [-0.25, -0.2) is 0 Å². The molecule has 71 valence electrons. The van der Waals surface area contributed by atoms with E-state index in [-0.39, 0.29) is 0 Å². The zero-order chi connectivity index (χ0) is 10.1. The highest BCUT2D eigenvalue weighted by Gasteiger charge is 2.01. The lowest BCUT2D eigenvalue weighted by molar-refractivity contribution is 0.582. The van der Waals surface area contributed by atoms with Gasteiger partial charge in [-0.05, 0) is 36.4 Å². The summed E-state index contributed by atoms with van der Waals surface area (Å²) in [5.74, 6) is 0.841. The van der Waals surface area contributed by atoms with Crippen LogP contribution < -0.4 is 0 Å². The Morgan fingerprint density at radius 1 is 1.27 bits per heavy atom. The number of aromatic nitrogens is 1. The zero-order valence-electron chi connectivity index (χ0n) is 7.97. The van der Waals surface area contributed by atoms with Crippen LogP contribution in [-0.4, -0.2) is 4.98 Å². The maximum Gasteiger partial charge on any atom is 0.135 e. The van der Waals surface area contributed by atoms with Crippen molar-refractivity contribution in [3.8, 4) is 11.3 Å². The minimum absolute atomic E-state index is 0.841. The van der Waals surface area contributed by atoms with Gasteiger partial charge in [0, 0.05) is 17.1 Å². The second-order valence-electron chi connectivity index (χ2n) is 3.32. The van der Waals surface area contributed by atoms with E-state index in [1.54, 1.807) is 6.26 Å². The summed E-state index contributed by atoms with van der Waals surface area (Å²) in [5, 5.41) is 1.08. The summed E-state index contributed by atoms with van der Waals surface area (Å²) >= 11 is 0. The minimum atomic E-state index is 0.841. The van der Waals surface area contributed by atoms with Gasteiger partial charge in [0.1, 0.15) is 5.76 Å². The molecule has 0 aliphatic carbocycles. The first-order valence-corrected chi connectivity index (χ1v) is 4.73. The van der Waals surface area contributed by atoms with Crippen LogP contribution in [0.3, 0.4) is 0 Å². The fourth-order valence-corrected chi connectivity index (χ4v) is 1.59. The van der Waals surface area contributed by atoms with Crippen LogP contribution in [0.25, 0.3) is 22.2 Å². The van der Waals surface area contributed by atoms with Crippen LogP contribution in [0.2, 0.25) is 0 Å². The largest absolute Gasteiger partial charge is 0.464 e. The van der Waals surface area contributed by atoms with Gasteiger partial charge in [0.05, 0.1) is 11.8 Å². The third-order valence-electron chi connectivity index (χ3n) is 2.33. The lowest BCUT2D eigenvalue weighted by Gasteiger charge is -1.99. The molecule has 15 heavy (non-hydrogen) atoms. The number of benzene rings is 1. The summed E-state index contributed by atoms with van der Waals surface area (Å²) in [6.45, 7) is 0. The van der Waals surface area contributed by atoms with Crippen molar-refractivity contribution >= 4 is 10.9 Å². The third kappa shape index (κ3) is 1.40. The number of nitrogens with zero attached hydrogens (tertiary/aromatic N) is 1. The van der Waals surface area contributed by atoms with Gasteiger partial charge in [-0.15, -0.1) is 0 Å². The SMILES string of the molecule is [c]1ccc2ncc(-c3ccco3)cc2c1. The topological polar surface area (TPSA) is 26.0 Å². The van der Waals surface area contributed by atoms with Gasteiger partial charge in [-0.3, -0.25) is 4.98 Å². The first kappa shape index (κ1) is 8.24. The molecular weight excluding hydrogens is 186 g/mol. The number of fused-ring (bicyclic) bond motifs is 1. The Labute approximate surface area is 87.2 Å². The van der Waals surface area contributed by atoms with Gasteiger partial charge >= 0.3 is 0 Å². The van der Waals surface area contributed by atoms with Crippen LogP contribution in [0.15, 0.2) is 53.3 Å². The molecule has 0 amide bonds. The van der Waals surface area contributed by atoms with Crippen molar-refractivity contribution in [2.75, 3.05) is 0 Å². The lowest BCUT2D eigenvalue weighted by Crippen LogP contribution is -1.80. The predicted octanol–water partition coefficient (Wildman–Crippen LogP) is 3.29. The number of furan rings is 1. The van der Waals surface area contributed by atoms with Crippen LogP contribution in [0.1, 0.15) is 0 Å². The molecule has 0 saturated carbocycles. The number of rotatable bonds is 1. The van der Waals surface area contributed by atoms with E-state index in [2.05, 4.69) is 17.1 Å². The van der Waals surface area contributed by atoms with Crippen molar-refractivity contribution in [2.24, 2.45) is 0 Å². The molecule has 3 rings (SSSR count). The number of hydrogen-bond acceptors (Lipinski definition) is 2. The Morgan fingerprint density at radius 2 is 2.27 bits per heavy atom. The van der Waals surface area contributed by atoms with E-state index in [4.69, 9.17) is 4.42 Å². The number of pyridine rings is 1. The molecule has 0 spiro atoms. The molecule has 0 N–H and O–H groups in total. The Kier molecular flexibility index (Phi) is 1.78. The van der Waals surface area contributed by atoms with Gasteiger partial charge in [-0.2, -0.15) is 0 Å². The van der Waals surface area contributed by atoms with E-state index in [1.165, 1.54) is 0 Å². The molecule has 0 fully saturated rings. The molecular formula is C13H8NO. The van der Waals surface area contributed by atoms with Crippen LogP contribution in [0, 0.1) is 6.07 Å². The van der Waals surface area contributed by atoms with Crippen LogP contribution in [0.5, 0.6) is 0 Å². The molecule has 2 heteroatoms. The third-order valence-corrected chi connectivity index (χ3v) is 2.33. The Morgan fingerprint density at radius 3 is 3.13 bits per heavy atom. The summed E-state index contributed by atoms with van der Waals surface area (Å²) < 4.78 is 5.32. The smallest absolute Gasteiger partial charge is 0.135 e. The maximum atomic E-state index is 5.32. The highest BCUT2D eigenvalue weighted by atomic mass is 16.3. The lowest BCUT2D eigenvalue weighted by atomic mass is 10.1. The Balaban J connectivity index is 2.22. The summed E-state index contributed by atoms with van der Waals surface area (Å²) in [6.07, 6.45) is 3.48. The second-order valence-corrected chi connectivity index (χ2v) is 3.32. The highest BCUT2D eigenvalue weighted by molar-refractivity contribution is 5.82. The molecule has 0 saturated heterocycles. The average molecular weight is 194 g/mol. The fraction of sp³-hybridized carbons (Fsp3) is 0. The van der Waals surface area contributed by atoms with Gasteiger partial charge < -0.3 is 4.42 Å². The van der Waals surface area contributed by atoms with Crippen LogP contribution in [0.4, 0.5) is 0 Å². The molecule has 2 aromatic heterocycles. The van der Waals surface area contributed by atoms with Crippen molar-refractivity contribution in [3.63, 3.8) is 0 Å². The van der Waals surface area contributed by atoms with Gasteiger partial charge in [0.25, 0.3) is 0 Å². The van der Waals surface area contributed by atoms with Crippen LogP contribution in [-0.2, 0) is 0 Å². The van der Waals surface area contributed by atoms with E-state index >= 15 is 0 Å². The van der Waals surface area contributed by atoms with Crippen molar-refractivity contribution in [3.05, 3.63) is 54.9 Å². The van der Waals surface area contributed by atoms with Crippen molar-refractivity contribution < 1.29 is 4.42 Å². The van der Waals surface area contributed by atoms with Crippen LogP contribution >= 0.6 is 0 Å². The van der Waals surface area contributed by atoms with Crippen molar-refractivity contribution in [1.29, 1.82) is 0 Å². The predicted molar refractivity (Wildman–Crippen MR) is 58.3 cm³/mol. The van der Waals surface area contributed by atoms with Crippen molar-refractivity contribution in [2.45, 2.75) is 0 Å². The molecule has 0 unspecified atom stereocenters. The Hall–Kier alpha value is -2.09. The summed E-state index contributed by atoms with van der Waals surface area (Å²) in [4.78, 5) is 4.36. The van der Waals surface area contributed by atoms with Gasteiger partial charge in [0.2, 0.25) is 0 Å². The minimum Gasteiger partial charge on any atom is -0.464 e. The molecule has 2 heterocycles. The molecule has 2 nitrogen and oxygen atoms in total. The van der Waals surface area contributed by atoms with Gasteiger partial charge in [0.15, 0.2) is 0 Å². The Bertz CT molecular complexity index is 584. The summed E-state index contributed by atoms with van der Waals surface area (Å²) in [6, 6.07) is 14.6. The van der Waals surface area contributed by atoms with E-state index in [0.717, 1.165) is 22.2 Å². The molecule has 0 bridgehead atoms. The van der Waals surface area contributed by atoms with E-state index in [1.807, 2.05) is 36.5 Å². The maximum absolute atomic E-state index is 5.32. The normalized spacial score (nSPS) is 10.7. The molecule has 0 aliphatic heterocycles. The fourth-order valence-electron chi connectivity index (χ4n) is 1.59.